The highest BCUT2D eigenvalue weighted by molar-refractivity contribution is 5.67. The van der Waals surface area contributed by atoms with Crippen LogP contribution >= 0.6 is 0 Å². The number of nitrogens with zero attached hydrogens (tertiary/aromatic N) is 4. The van der Waals surface area contributed by atoms with Crippen molar-refractivity contribution in [1.29, 1.82) is 5.26 Å². The van der Waals surface area contributed by atoms with Crippen molar-refractivity contribution in [2.75, 3.05) is 6.61 Å². The maximum Gasteiger partial charge on any atom is 0.191 e. The summed E-state index contributed by atoms with van der Waals surface area (Å²) >= 11 is 0. The van der Waals surface area contributed by atoms with Gasteiger partial charge in [0.2, 0.25) is 0 Å². The van der Waals surface area contributed by atoms with Gasteiger partial charge in [0, 0.05) is 5.56 Å². The van der Waals surface area contributed by atoms with Gasteiger partial charge >= 0.3 is 0 Å². The van der Waals surface area contributed by atoms with E-state index >= 15 is 0 Å². The number of ether oxygens (including phenoxy) is 1. The molecule has 1 aromatic heterocycles. The van der Waals surface area contributed by atoms with E-state index in [4.69, 9.17) is 4.74 Å². The van der Waals surface area contributed by atoms with Gasteiger partial charge in [0.15, 0.2) is 5.69 Å². The lowest BCUT2D eigenvalue weighted by Crippen LogP contribution is -2.00. The molecule has 0 fully saturated rings. The highest BCUT2D eigenvalue weighted by Crippen LogP contribution is 2.26. The van der Waals surface area contributed by atoms with Crippen LogP contribution in [0.4, 0.5) is 0 Å². The van der Waals surface area contributed by atoms with E-state index in [1.165, 1.54) is 0 Å². The SMILES string of the molecule is CCOc1ccc(-n2nnc(C#N)c2-c2cccc(C)c2)cc1. The first-order chi connectivity index (χ1) is 11.2. The fourth-order valence-electron chi connectivity index (χ4n) is 2.44. The molecule has 3 rings (SSSR count). The van der Waals surface area contributed by atoms with Crippen LogP contribution in [0.3, 0.4) is 0 Å². The zero-order valence-electron chi connectivity index (χ0n) is 13.0. The zero-order valence-corrected chi connectivity index (χ0v) is 13.0. The molecule has 3 aromatic rings. The summed E-state index contributed by atoms with van der Waals surface area (Å²) < 4.78 is 7.14. The molecule has 0 N–H and O–H groups in total. The van der Waals surface area contributed by atoms with E-state index in [2.05, 4.69) is 16.4 Å². The fraction of sp³-hybridized carbons (Fsp3) is 0.167. The maximum atomic E-state index is 9.34. The topological polar surface area (TPSA) is 63.7 Å². The molecule has 2 aromatic carbocycles. The lowest BCUT2D eigenvalue weighted by molar-refractivity contribution is 0.340. The van der Waals surface area contributed by atoms with E-state index in [0.29, 0.717) is 18.0 Å². The summed E-state index contributed by atoms with van der Waals surface area (Å²) in [5, 5.41) is 17.5. The van der Waals surface area contributed by atoms with Crippen LogP contribution in [0.15, 0.2) is 48.5 Å². The molecule has 0 saturated carbocycles. The lowest BCUT2D eigenvalue weighted by atomic mass is 10.1. The van der Waals surface area contributed by atoms with Crippen molar-refractivity contribution in [2.24, 2.45) is 0 Å². The molecular formula is C18H16N4O. The molecule has 0 radical (unpaired) electrons. The van der Waals surface area contributed by atoms with Crippen molar-refractivity contribution in [2.45, 2.75) is 13.8 Å². The lowest BCUT2D eigenvalue weighted by Gasteiger charge is -2.09. The standard InChI is InChI=1S/C18H16N4O/c1-3-23-16-9-7-15(8-10-16)22-18(17(12-19)20-21-22)14-6-4-5-13(2)11-14/h4-11H,3H2,1-2H3. The van der Waals surface area contributed by atoms with Gasteiger partial charge in [0.1, 0.15) is 17.5 Å². The molecule has 5 nitrogen and oxygen atoms in total. The van der Waals surface area contributed by atoms with Crippen LogP contribution in [0.2, 0.25) is 0 Å². The molecule has 0 unspecified atom stereocenters. The summed E-state index contributed by atoms with van der Waals surface area (Å²) in [5.41, 5.74) is 3.87. The highest BCUT2D eigenvalue weighted by Gasteiger charge is 2.16. The third kappa shape index (κ3) is 2.92. The van der Waals surface area contributed by atoms with E-state index in [9.17, 15) is 5.26 Å². The summed E-state index contributed by atoms with van der Waals surface area (Å²) in [6, 6.07) is 17.6. The van der Waals surface area contributed by atoms with Gasteiger partial charge < -0.3 is 4.74 Å². The largest absolute Gasteiger partial charge is 0.494 e. The molecular weight excluding hydrogens is 288 g/mol. The van der Waals surface area contributed by atoms with Crippen molar-refractivity contribution in [3.63, 3.8) is 0 Å². The van der Waals surface area contributed by atoms with Gasteiger partial charge in [0.25, 0.3) is 0 Å². The minimum Gasteiger partial charge on any atom is -0.494 e. The van der Waals surface area contributed by atoms with Crippen LogP contribution in [-0.4, -0.2) is 21.6 Å². The minimum absolute atomic E-state index is 0.310. The number of benzene rings is 2. The smallest absolute Gasteiger partial charge is 0.191 e. The Morgan fingerprint density at radius 3 is 2.61 bits per heavy atom. The average Bonchev–Trinajstić information content (AvgIpc) is 3.00. The molecule has 5 heteroatoms. The molecule has 0 saturated heterocycles. The summed E-state index contributed by atoms with van der Waals surface area (Å²) in [5.74, 6) is 0.800. The predicted molar refractivity (Wildman–Crippen MR) is 87.4 cm³/mol. The molecule has 1 heterocycles. The Morgan fingerprint density at radius 1 is 1.17 bits per heavy atom. The quantitative estimate of drug-likeness (QED) is 0.740. The molecule has 0 aliphatic rings. The van der Waals surface area contributed by atoms with Crippen molar-refractivity contribution >= 4 is 0 Å². The third-order valence-corrected chi connectivity index (χ3v) is 3.46. The second kappa shape index (κ2) is 6.32. The number of rotatable bonds is 4. The molecule has 114 valence electrons. The minimum atomic E-state index is 0.310. The highest BCUT2D eigenvalue weighted by atomic mass is 16.5. The zero-order chi connectivity index (χ0) is 16.2. The van der Waals surface area contributed by atoms with E-state index in [0.717, 1.165) is 22.6 Å². The summed E-state index contributed by atoms with van der Waals surface area (Å²) in [6.07, 6.45) is 0. The summed E-state index contributed by atoms with van der Waals surface area (Å²) in [6.45, 7) is 4.58. The molecule has 0 aliphatic heterocycles. The molecule has 0 aliphatic carbocycles. The van der Waals surface area contributed by atoms with E-state index in [1.54, 1.807) is 4.68 Å². The number of nitriles is 1. The monoisotopic (exact) mass is 304 g/mol. The number of aryl methyl sites for hydroxylation is 1. The number of hydrogen-bond donors (Lipinski definition) is 0. The van der Waals surface area contributed by atoms with Crippen molar-refractivity contribution in [3.05, 3.63) is 59.8 Å². The van der Waals surface area contributed by atoms with Crippen LogP contribution in [0.1, 0.15) is 18.2 Å². The van der Waals surface area contributed by atoms with Gasteiger partial charge in [-0.3, -0.25) is 0 Å². The van der Waals surface area contributed by atoms with Crippen LogP contribution in [0.25, 0.3) is 16.9 Å². The van der Waals surface area contributed by atoms with Crippen molar-refractivity contribution in [3.8, 4) is 28.8 Å². The molecule has 0 amide bonds. The van der Waals surface area contributed by atoms with Crippen LogP contribution < -0.4 is 4.74 Å². The van der Waals surface area contributed by atoms with Gasteiger partial charge in [-0.15, -0.1) is 5.10 Å². The Hall–Kier alpha value is -3.13. The molecule has 23 heavy (non-hydrogen) atoms. The van der Waals surface area contributed by atoms with Crippen molar-refractivity contribution in [1.82, 2.24) is 15.0 Å². The third-order valence-electron chi connectivity index (χ3n) is 3.46. The molecule has 0 spiro atoms. The van der Waals surface area contributed by atoms with Gasteiger partial charge in [-0.2, -0.15) is 5.26 Å². The maximum absolute atomic E-state index is 9.34. The predicted octanol–water partition coefficient (Wildman–Crippen LogP) is 3.51. The van der Waals surface area contributed by atoms with Crippen LogP contribution in [-0.2, 0) is 0 Å². The number of aromatic nitrogens is 3. The number of hydrogen-bond acceptors (Lipinski definition) is 4. The first kappa shape index (κ1) is 14.8. The Bertz CT molecular complexity index is 859. The summed E-state index contributed by atoms with van der Waals surface area (Å²) in [7, 11) is 0. The second-order valence-corrected chi connectivity index (χ2v) is 5.11. The van der Waals surface area contributed by atoms with Crippen LogP contribution in [0.5, 0.6) is 5.75 Å². The first-order valence-electron chi connectivity index (χ1n) is 7.39. The van der Waals surface area contributed by atoms with Gasteiger partial charge in [-0.25, -0.2) is 4.68 Å². The van der Waals surface area contributed by atoms with Gasteiger partial charge in [-0.05, 0) is 44.2 Å². The van der Waals surface area contributed by atoms with Crippen molar-refractivity contribution < 1.29 is 4.74 Å². The fourth-order valence-corrected chi connectivity index (χ4v) is 2.44. The van der Waals surface area contributed by atoms with E-state index < -0.39 is 0 Å². The Kier molecular flexibility index (Phi) is 4.07. The van der Waals surface area contributed by atoms with Crippen LogP contribution in [0, 0.1) is 18.3 Å². The Balaban J connectivity index is 2.10. The normalized spacial score (nSPS) is 10.3. The summed E-state index contributed by atoms with van der Waals surface area (Å²) in [4.78, 5) is 0. The molecule has 0 bridgehead atoms. The average molecular weight is 304 g/mol. The van der Waals surface area contributed by atoms with Gasteiger partial charge in [-0.1, -0.05) is 29.0 Å². The Morgan fingerprint density at radius 2 is 1.96 bits per heavy atom. The van der Waals surface area contributed by atoms with Gasteiger partial charge in [0.05, 0.1) is 12.3 Å². The molecule has 0 atom stereocenters. The van der Waals surface area contributed by atoms with E-state index in [1.807, 2.05) is 62.4 Å². The van der Waals surface area contributed by atoms with E-state index in [-0.39, 0.29) is 0 Å². The second-order valence-electron chi connectivity index (χ2n) is 5.11. The first-order valence-corrected chi connectivity index (χ1v) is 7.39. The Labute approximate surface area is 134 Å².